The van der Waals surface area contributed by atoms with Crippen molar-refractivity contribution in [2.45, 2.75) is 26.3 Å². The lowest BCUT2D eigenvalue weighted by Gasteiger charge is -2.17. The van der Waals surface area contributed by atoms with Crippen LogP contribution < -0.4 is 10.3 Å². The third-order valence-corrected chi connectivity index (χ3v) is 7.77. The fourth-order valence-electron chi connectivity index (χ4n) is 4.26. The summed E-state index contributed by atoms with van der Waals surface area (Å²) in [5, 5.41) is 20.6. The zero-order valence-electron chi connectivity index (χ0n) is 21.3. The summed E-state index contributed by atoms with van der Waals surface area (Å²) in [6.45, 7) is 1.52. The molecular weight excluding hydrogens is 534 g/mol. The Hall–Kier alpha value is -4.20. The summed E-state index contributed by atoms with van der Waals surface area (Å²) in [5.41, 5.74) is 0.872. The van der Waals surface area contributed by atoms with E-state index in [4.69, 9.17) is 17.0 Å². The number of amides is 1. The first-order valence-electron chi connectivity index (χ1n) is 12.1. The molecule has 1 aliphatic rings. The van der Waals surface area contributed by atoms with Crippen LogP contribution in [-0.2, 0) is 17.8 Å². The van der Waals surface area contributed by atoms with Gasteiger partial charge in [-0.1, -0.05) is 66.4 Å². The van der Waals surface area contributed by atoms with Crippen LogP contribution >= 0.6 is 24.0 Å². The molecule has 2 heterocycles. The molecule has 1 amide bonds. The van der Waals surface area contributed by atoms with Crippen LogP contribution in [0.15, 0.2) is 64.3 Å². The highest BCUT2D eigenvalue weighted by Gasteiger charge is 2.33. The topological polar surface area (TPSA) is 113 Å². The number of nitrogens with zero attached hydrogens (tertiary/aromatic N) is 3. The molecule has 0 radical (unpaired) electrons. The second-order valence-corrected chi connectivity index (χ2v) is 10.5. The van der Waals surface area contributed by atoms with Crippen molar-refractivity contribution in [2.75, 3.05) is 13.7 Å². The predicted octanol–water partition coefficient (Wildman–Crippen LogP) is 4.46. The summed E-state index contributed by atoms with van der Waals surface area (Å²) in [4.78, 5) is 41.0. The van der Waals surface area contributed by atoms with E-state index in [1.165, 1.54) is 11.8 Å². The van der Waals surface area contributed by atoms with Crippen LogP contribution in [0.2, 0.25) is 0 Å². The van der Waals surface area contributed by atoms with Crippen molar-refractivity contribution in [2.24, 2.45) is 0 Å². The number of nitriles is 1. The molecule has 1 aromatic heterocycles. The average molecular weight is 560 g/mol. The molecule has 1 aliphatic heterocycles. The van der Waals surface area contributed by atoms with Crippen molar-refractivity contribution < 1.29 is 19.4 Å². The molecule has 0 saturated carbocycles. The van der Waals surface area contributed by atoms with Gasteiger partial charge in [0.15, 0.2) is 5.78 Å². The number of hydrogen-bond acceptors (Lipinski definition) is 8. The summed E-state index contributed by atoms with van der Waals surface area (Å²) in [7, 11) is 1.56. The highest BCUT2D eigenvalue weighted by Crippen LogP contribution is 2.33. The lowest BCUT2D eigenvalue weighted by molar-refractivity contribution is -0.122. The number of carbonyl (C=O) groups excluding carboxylic acids is 2. The molecule has 10 heteroatoms. The number of ketones is 1. The van der Waals surface area contributed by atoms with E-state index in [0.29, 0.717) is 21.4 Å². The van der Waals surface area contributed by atoms with E-state index in [1.807, 2.05) is 48.5 Å². The molecule has 2 aromatic carbocycles. The van der Waals surface area contributed by atoms with Crippen LogP contribution in [0.5, 0.6) is 11.6 Å². The number of aromatic nitrogens is 1. The van der Waals surface area contributed by atoms with Crippen LogP contribution in [0.4, 0.5) is 0 Å². The number of benzene rings is 2. The SMILES string of the molecule is COc1ccc(CCn2c(O)c(C(=O)CCN3C(=O)/C(=C/c4ccccc4)SC3=S)c(C)c(C#N)c2=O)cc1. The molecule has 3 aromatic rings. The number of rotatable bonds is 9. The summed E-state index contributed by atoms with van der Waals surface area (Å²) >= 11 is 6.53. The minimum atomic E-state index is -0.666. The standard InChI is InChI=1S/C29H25N3O5S2/c1-18-22(17-30)26(34)31(14-12-19-8-10-21(37-2)11-9-19)28(36)25(18)23(33)13-15-32-27(35)24(39-29(32)38)16-20-6-4-3-5-7-20/h3-11,16,36H,12-15H2,1-2H3/b24-16-. The Bertz CT molecular complexity index is 1570. The zero-order valence-corrected chi connectivity index (χ0v) is 23.0. The van der Waals surface area contributed by atoms with Gasteiger partial charge in [-0.3, -0.25) is 23.9 Å². The molecular formula is C29H25N3O5S2. The number of Topliss-reactive ketones (excluding diaryl/α,β-unsaturated/α-hetero) is 1. The summed E-state index contributed by atoms with van der Waals surface area (Å²) in [6.07, 6.45) is 1.97. The lowest BCUT2D eigenvalue weighted by atomic mass is 9.99. The lowest BCUT2D eigenvalue weighted by Crippen LogP contribution is -2.31. The average Bonchev–Trinajstić information content (AvgIpc) is 3.19. The van der Waals surface area contributed by atoms with E-state index < -0.39 is 17.2 Å². The maximum atomic E-state index is 13.3. The Kier molecular flexibility index (Phi) is 8.64. The van der Waals surface area contributed by atoms with Gasteiger partial charge in [0.05, 0.1) is 17.6 Å². The number of ether oxygens (including phenoxy) is 1. The normalized spacial score (nSPS) is 14.1. The number of hydrogen-bond donors (Lipinski definition) is 1. The van der Waals surface area contributed by atoms with Gasteiger partial charge in [0.1, 0.15) is 21.7 Å². The van der Waals surface area contributed by atoms with Crippen LogP contribution in [0.3, 0.4) is 0 Å². The quantitative estimate of drug-likeness (QED) is 0.232. The van der Waals surface area contributed by atoms with E-state index in [2.05, 4.69) is 0 Å². The molecule has 1 saturated heterocycles. The minimum absolute atomic E-state index is 0.00136. The molecule has 0 spiro atoms. The smallest absolute Gasteiger partial charge is 0.271 e. The Morgan fingerprint density at radius 2 is 1.82 bits per heavy atom. The van der Waals surface area contributed by atoms with Gasteiger partial charge in [-0.15, -0.1) is 0 Å². The van der Waals surface area contributed by atoms with Crippen molar-refractivity contribution in [3.63, 3.8) is 0 Å². The molecule has 0 aliphatic carbocycles. The first kappa shape index (κ1) is 27.8. The van der Waals surface area contributed by atoms with Gasteiger partial charge >= 0.3 is 0 Å². The third kappa shape index (κ3) is 5.95. The maximum absolute atomic E-state index is 13.3. The van der Waals surface area contributed by atoms with E-state index in [-0.39, 0.29) is 42.1 Å². The fourth-order valence-corrected chi connectivity index (χ4v) is 5.57. The molecule has 0 bridgehead atoms. The van der Waals surface area contributed by atoms with Crippen LogP contribution in [0.1, 0.15) is 39.0 Å². The predicted molar refractivity (Wildman–Crippen MR) is 154 cm³/mol. The Balaban J connectivity index is 1.54. The van der Waals surface area contributed by atoms with Gasteiger partial charge in [0.2, 0.25) is 5.88 Å². The Morgan fingerprint density at radius 3 is 2.46 bits per heavy atom. The van der Waals surface area contributed by atoms with Gasteiger partial charge < -0.3 is 9.84 Å². The van der Waals surface area contributed by atoms with Crippen LogP contribution in [0, 0.1) is 18.3 Å². The number of carbonyl (C=O) groups is 2. The van der Waals surface area contributed by atoms with Crippen molar-refractivity contribution in [1.29, 1.82) is 5.26 Å². The molecule has 4 rings (SSSR count). The number of thioether (sulfide) groups is 1. The number of aromatic hydroxyl groups is 1. The van der Waals surface area contributed by atoms with E-state index in [0.717, 1.165) is 27.5 Å². The highest BCUT2D eigenvalue weighted by atomic mass is 32.2. The number of thiocarbonyl (C=S) groups is 1. The first-order valence-corrected chi connectivity index (χ1v) is 13.3. The maximum Gasteiger partial charge on any atom is 0.271 e. The Labute approximate surface area is 235 Å². The molecule has 1 fully saturated rings. The van der Waals surface area contributed by atoms with Crippen molar-refractivity contribution in [3.8, 4) is 17.7 Å². The second kappa shape index (κ2) is 12.1. The third-order valence-electron chi connectivity index (χ3n) is 6.40. The molecule has 39 heavy (non-hydrogen) atoms. The van der Waals surface area contributed by atoms with Gasteiger partial charge in [-0.25, -0.2) is 0 Å². The molecule has 0 unspecified atom stereocenters. The van der Waals surface area contributed by atoms with Crippen molar-refractivity contribution in [1.82, 2.24) is 9.47 Å². The molecule has 1 N–H and O–H groups in total. The highest BCUT2D eigenvalue weighted by molar-refractivity contribution is 8.26. The second-order valence-electron chi connectivity index (χ2n) is 8.78. The van der Waals surface area contributed by atoms with Gasteiger partial charge in [-0.2, -0.15) is 5.26 Å². The van der Waals surface area contributed by atoms with Crippen LogP contribution in [-0.4, -0.2) is 44.2 Å². The first-order chi connectivity index (χ1) is 18.7. The van der Waals surface area contributed by atoms with Crippen molar-refractivity contribution >= 4 is 46.1 Å². The van der Waals surface area contributed by atoms with Crippen LogP contribution in [0.25, 0.3) is 6.08 Å². The van der Waals surface area contributed by atoms with Gasteiger partial charge in [0.25, 0.3) is 11.5 Å². The van der Waals surface area contributed by atoms with Gasteiger partial charge in [0, 0.05) is 19.5 Å². The van der Waals surface area contributed by atoms with Crippen molar-refractivity contribution in [3.05, 3.63) is 97.7 Å². The monoisotopic (exact) mass is 559 g/mol. The largest absolute Gasteiger partial charge is 0.497 e. The Morgan fingerprint density at radius 1 is 1.13 bits per heavy atom. The van der Waals surface area contributed by atoms with E-state index >= 15 is 0 Å². The minimum Gasteiger partial charge on any atom is -0.497 e. The summed E-state index contributed by atoms with van der Waals surface area (Å²) < 4.78 is 6.53. The summed E-state index contributed by atoms with van der Waals surface area (Å²) in [6, 6.07) is 18.5. The number of aryl methyl sites for hydroxylation is 1. The zero-order chi connectivity index (χ0) is 28.1. The fraction of sp³-hybridized carbons (Fsp3) is 0.207. The summed E-state index contributed by atoms with van der Waals surface area (Å²) in [5.74, 6) is -0.610. The van der Waals surface area contributed by atoms with E-state index in [9.17, 15) is 24.8 Å². The number of pyridine rings is 1. The van der Waals surface area contributed by atoms with Gasteiger partial charge in [-0.05, 0) is 48.2 Å². The number of methoxy groups -OCH3 is 1. The molecule has 8 nitrogen and oxygen atoms in total. The molecule has 0 atom stereocenters. The molecule has 198 valence electrons. The van der Waals surface area contributed by atoms with E-state index in [1.54, 1.807) is 25.3 Å².